The fourth-order valence-corrected chi connectivity index (χ4v) is 2.74. The lowest BCUT2D eigenvalue weighted by Gasteiger charge is -2.42. The average molecular weight is 262 g/mol. The summed E-state index contributed by atoms with van der Waals surface area (Å²) >= 11 is 0. The minimum atomic E-state index is 0.521. The summed E-state index contributed by atoms with van der Waals surface area (Å²) in [5, 5.41) is 3.65. The molecule has 1 fully saturated rings. The number of benzene rings is 1. The molecule has 1 N–H and O–H groups in total. The molecular weight excluding hydrogens is 236 g/mol. The molecule has 3 nitrogen and oxygen atoms in total. The van der Waals surface area contributed by atoms with E-state index in [-0.39, 0.29) is 0 Å². The highest BCUT2D eigenvalue weighted by molar-refractivity contribution is 5.54. The molecule has 1 heterocycles. The minimum absolute atomic E-state index is 0.521. The number of anilines is 1. The lowest BCUT2D eigenvalue weighted by Crippen LogP contribution is -2.57. The quantitative estimate of drug-likeness (QED) is 0.903. The molecule has 0 radical (unpaired) electrons. The van der Waals surface area contributed by atoms with Gasteiger partial charge in [-0.1, -0.05) is 32.0 Å². The molecule has 2 rings (SSSR count). The number of hydrogen-bond donors (Lipinski definition) is 1. The van der Waals surface area contributed by atoms with Crippen LogP contribution in [0.4, 0.5) is 5.69 Å². The van der Waals surface area contributed by atoms with Crippen molar-refractivity contribution in [3.63, 3.8) is 0 Å². The summed E-state index contributed by atoms with van der Waals surface area (Å²) in [5.74, 6) is 0.657. The maximum absolute atomic E-state index is 5.33. The molecule has 0 spiro atoms. The Kier molecular flexibility index (Phi) is 4.83. The monoisotopic (exact) mass is 262 g/mol. The molecule has 1 aliphatic heterocycles. The third kappa shape index (κ3) is 3.28. The van der Waals surface area contributed by atoms with Gasteiger partial charge in [-0.3, -0.25) is 0 Å². The van der Waals surface area contributed by atoms with Gasteiger partial charge in [-0.05, 0) is 18.9 Å². The largest absolute Gasteiger partial charge is 0.380 e. The van der Waals surface area contributed by atoms with E-state index in [1.807, 2.05) is 0 Å². The summed E-state index contributed by atoms with van der Waals surface area (Å²) in [5.41, 5.74) is 2.60. The zero-order valence-electron chi connectivity index (χ0n) is 12.5. The number of hydrogen-bond acceptors (Lipinski definition) is 3. The highest BCUT2D eigenvalue weighted by Gasteiger charge is 2.27. The molecule has 0 aromatic heterocycles. The third-order valence-electron chi connectivity index (χ3n) is 4.01. The first-order valence-electron chi connectivity index (χ1n) is 7.20. The Morgan fingerprint density at radius 2 is 2.11 bits per heavy atom. The Morgan fingerprint density at radius 1 is 1.37 bits per heavy atom. The van der Waals surface area contributed by atoms with Gasteiger partial charge in [0, 0.05) is 43.5 Å². The second-order valence-electron chi connectivity index (χ2n) is 5.82. The van der Waals surface area contributed by atoms with Crippen molar-refractivity contribution in [2.24, 2.45) is 5.92 Å². The van der Waals surface area contributed by atoms with Gasteiger partial charge in [0.05, 0.1) is 6.61 Å². The lowest BCUT2D eigenvalue weighted by atomic mass is 9.98. The Morgan fingerprint density at radius 3 is 2.79 bits per heavy atom. The van der Waals surface area contributed by atoms with Gasteiger partial charge in [-0.15, -0.1) is 0 Å². The van der Waals surface area contributed by atoms with E-state index in [2.05, 4.69) is 55.3 Å². The van der Waals surface area contributed by atoms with Crippen LogP contribution in [0.5, 0.6) is 0 Å². The fraction of sp³-hybridized carbons (Fsp3) is 0.625. The van der Waals surface area contributed by atoms with Crippen LogP contribution in [0.2, 0.25) is 0 Å². The zero-order chi connectivity index (χ0) is 13.8. The normalized spacial score (nSPS) is 23.9. The number of para-hydroxylation sites is 1. The van der Waals surface area contributed by atoms with Crippen LogP contribution in [0, 0.1) is 5.92 Å². The van der Waals surface area contributed by atoms with Gasteiger partial charge in [0.25, 0.3) is 0 Å². The first-order chi connectivity index (χ1) is 9.13. The van der Waals surface area contributed by atoms with Crippen molar-refractivity contribution in [1.29, 1.82) is 0 Å². The van der Waals surface area contributed by atoms with Gasteiger partial charge < -0.3 is 15.0 Å². The standard InChI is InChI=1S/C16H26N2O/c1-12(2)15-10-18(13(3)9-17-15)16-8-6-5-7-14(16)11-19-4/h5-8,12-13,15,17H,9-11H2,1-4H3. The smallest absolute Gasteiger partial charge is 0.0733 e. The highest BCUT2D eigenvalue weighted by atomic mass is 16.5. The van der Waals surface area contributed by atoms with E-state index in [1.165, 1.54) is 11.3 Å². The molecule has 1 aliphatic rings. The van der Waals surface area contributed by atoms with E-state index in [0.717, 1.165) is 13.1 Å². The summed E-state index contributed by atoms with van der Waals surface area (Å²) in [6, 6.07) is 9.67. The van der Waals surface area contributed by atoms with Crippen LogP contribution in [0.3, 0.4) is 0 Å². The Labute approximate surface area is 116 Å². The number of piperazine rings is 1. The second-order valence-corrected chi connectivity index (χ2v) is 5.82. The Balaban J connectivity index is 2.23. The van der Waals surface area contributed by atoms with Crippen molar-refractivity contribution < 1.29 is 4.74 Å². The van der Waals surface area contributed by atoms with Crippen LogP contribution >= 0.6 is 0 Å². The predicted octanol–water partition coefficient (Wildman–Crippen LogP) is 2.66. The van der Waals surface area contributed by atoms with Gasteiger partial charge in [0.2, 0.25) is 0 Å². The molecule has 106 valence electrons. The molecule has 3 heteroatoms. The summed E-state index contributed by atoms with van der Waals surface area (Å²) in [6.07, 6.45) is 0. The topological polar surface area (TPSA) is 24.5 Å². The van der Waals surface area contributed by atoms with Gasteiger partial charge in [-0.25, -0.2) is 0 Å². The number of methoxy groups -OCH3 is 1. The third-order valence-corrected chi connectivity index (χ3v) is 4.01. The van der Waals surface area contributed by atoms with E-state index in [1.54, 1.807) is 7.11 Å². The molecular formula is C16H26N2O. The first kappa shape index (κ1) is 14.4. The van der Waals surface area contributed by atoms with E-state index in [9.17, 15) is 0 Å². The molecule has 0 bridgehead atoms. The molecule has 2 unspecified atom stereocenters. The zero-order valence-corrected chi connectivity index (χ0v) is 12.5. The van der Waals surface area contributed by atoms with Crippen LogP contribution in [0.25, 0.3) is 0 Å². The summed E-state index contributed by atoms with van der Waals surface area (Å²) in [6.45, 7) is 9.65. The van der Waals surface area contributed by atoms with E-state index in [4.69, 9.17) is 4.74 Å². The van der Waals surface area contributed by atoms with Crippen molar-refractivity contribution in [3.8, 4) is 0 Å². The van der Waals surface area contributed by atoms with Gasteiger partial charge >= 0.3 is 0 Å². The van der Waals surface area contributed by atoms with Crippen LogP contribution in [-0.2, 0) is 11.3 Å². The predicted molar refractivity (Wildman–Crippen MR) is 80.6 cm³/mol. The maximum Gasteiger partial charge on any atom is 0.0733 e. The number of nitrogens with zero attached hydrogens (tertiary/aromatic N) is 1. The highest BCUT2D eigenvalue weighted by Crippen LogP contribution is 2.26. The van der Waals surface area contributed by atoms with Crippen molar-refractivity contribution in [2.75, 3.05) is 25.1 Å². The molecule has 19 heavy (non-hydrogen) atoms. The molecule has 2 atom stereocenters. The number of rotatable bonds is 4. The van der Waals surface area contributed by atoms with Crippen LogP contribution in [0.1, 0.15) is 26.3 Å². The molecule has 0 saturated carbocycles. The van der Waals surface area contributed by atoms with Crippen molar-refractivity contribution >= 4 is 5.69 Å². The van der Waals surface area contributed by atoms with Crippen LogP contribution in [-0.4, -0.2) is 32.3 Å². The fourth-order valence-electron chi connectivity index (χ4n) is 2.74. The summed E-state index contributed by atoms with van der Waals surface area (Å²) < 4.78 is 5.33. The maximum atomic E-state index is 5.33. The molecule has 1 saturated heterocycles. The molecule has 1 aromatic carbocycles. The van der Waals surface area contributed by atoms with Gasteiger partial charge in [0.1, 0.15) is 0 Å². The summed E-state index contributed by atoms with van der Waals surface area (Å²) in [4.78, 5) is 2.52. The van der Waals surface area contributed by atoms with Gasteiger partial charge in [0.15, 0.2) is 0 Å². The van der Waals surface area contributed by atoms with Crippen LogP contribution in [0.15, 0.2) is 24.3 Å². The Hall–Kier alpha value is -1.06. The van der Waals surface area contributed by atoms with E-state index < -0.39 is 0 Å². The minimum Gasteiger partial charge on any atom is -0.380 e. The van der Waals surface area contributed by atoms with Crippen molar-refractivity contribution in [2.45, 2.75) is 39.5 Å². The summed E-state index contributed by atoms with van der Waals surface area (Å²) in [7, 11) is 1.76. The van der Waals surface area contributed by atoms with Crippen molar-refractivity contribution in [3.05, 3.63) is 29.8 Å². The molecule has 0 aliphatic carbocycles. The van der Waals surface area contributed by atoms with E-state index in [0.29, 0.717) is 24.6 Å². The van der Waals surface area contributed by atoms with Crippen molar-refractivity contribution in [1.82, 2.24) is 5.32 Å². The number of ether oxygens (including phenoxy) is 1. The second kappa shape index (κ2) is 6.40. The average Bonchev–Trinajstić information content (AvgIpc) is 2.40. The molecule has 0 amide bonds. The van der Waals surface area contributed by atoms with Crippen LogP contribution < -0.4 is 10.2 Å². The first-order valence-corrected chi connectivity index (χ1v) is 7.20. The Bertz CT molecular complexity index is 405. The number of nitrogens with one attached hydrogen (secondary N) is 1. The molecule has 1 aromatic rings. The lowest BCUT2D eigenvalue weighted by molar-refractivity contribution is 0.185. The van der Waals surface area contributed by atoms with Gasteiger partial charge in [-0.2, -0.15) is 0 Å². The van der Waals surface area contributed by atoms with E-state index >= 15 is 0 Å². The SMILES string of the molecule is COCc1ccccc1N1CC(C(C)C)NCC1C.